The molecular formula is C11H7F9S. The number of hydrogen-bond donors (Lipinski definition) is 0. The van der Waals surface area contributed by atoms with Crippen molar-refractivity contribution in [2.24, 2.45) is 0 Å². The van der Waals surface area contributed by atoms with Crippen LogP contribution in [0.3, 0.4) is 0 Å². The fraction of sp³-hybridized carbons (Fsp3) is 0.455. The van der Waals surface area contributed by atoms with Gasteiger partial charge in [0.15, 0.2) is 0 Å². The largest absolute Gasteiger partial charge is 0.446 e. The first kappa shape index (κ1) is 18.0. The van der Waals surface area contributed by atoms with Crippen LogP contribution in [-0.2, 0) is 18.8 Å². The fourth-order valence-corrected chi connectivity index (χ4v) is 2.34. The second-order valence-electron chi connectivity index (χ2n) is 3.92. The van der Waals surface area contributed by atoms with Crippen molar-refractivity contribution in [2.75, 3.05) is 0 Å². The molecule has 0 fully saturated rings. The predicted molar refractivity (Wildman–Crippen MR) is 57.7 cm³/mol. The Balaban J connectivity index is 3.68. The standard InChI is InChI=1S/C11H7F9S/c1-2-5-3-6(9(12,13)14)8(21-11(18,19)20)7(4-5)10(15,16)17/h3-4H,2H2,1H3. The molecule has 0 aliphatic rings. The quantitative estimate of drug-likeness (QED) is 0.476. The topological polar surface area (TPSA) is 0 Å². The van der Waals surface area contributed by atoms with Crippen molar-refractivity contribution in [3.8, 4) is 0 Å². The molecule has 1 rings (SSSR count). The average molecular weight is 342 g/mol. The molecule has 0 nitrogen and oxygen atoms in total. The molecule has 0 bridgehead atoms. The van der Waals surface area contributed by atoms with E-state index in [1.807, 2.05) is 0 Å². The molecule has 0 atom stereocenters. The maximum Gasteiger partial charge on any atom is 0.446 e. The van der Waals surface area contributed by atoms with E-state index in [0.29, 0.717) is 12.1 Å². The van der Waals surface area contributed by atoms with E-state index in [0.717, 1.165) is 0 Å². The summed E-state index contributed by atoms with van der Waals surface area (Å²) in [4.78, 5) is -1.88. The Morgan fingerprint density at radius 1 is 0.810 bits per heavy atom. The minimum Gasteiger partial charge on any atom is -0.166 e. The lowest BCUT2D eigenvalue weighted by molar-refractivity contribution is -0.147. The van der Waals surface area contributed by atoms with Gasteiger partial charge in [-0.15, -0.1) is 0 Å². The summed E-state index contributed by atoms with van der Waals surface area (Å²) in [5, 5.41) is 0. The summed E-state index contributed by atoms with van der Waals surface area (Å²) in [5.74, 6) is 0. The van der Waals surface area contributed by atoms with Gasteiger partial charge in [-0.2, -0.15) is 39.5 Å². The zero-order valence-corrected chi connectivity index (χ0v) is 11.0. The van der Waals surface area contributed by atoms with Gasteiger partial charge < -0.3 is 0 Å². The van der Waals surface area contributed by atoms with Crippen LogP contribution in [0.25, 0.3) is 0 Å². The highest BCUT2D eigenvalue weighted by Crippen LogP contribution is 2.49. The number of benzene rings is 1. The van der Waals surface area contributed by atoms with E-state index < -0.39 is 45.6 Å². The van der Waals surface area contributed by atoms with Crippen LogP contribution < -0.4 is 0 Å². The molecule has 0 aliphatic heterocycles. The summed E-state index contributed by atoms with van der Waals surface area (Å²) in [6.07, 6.45) is -10.8. The first-order valence-corrected chi connectivity index (χ1v) is 6.14. The van der Waals surface area contributed by atoms with Crippen LogP contribution in [-0.4, -0.2) is 5.51 Å². The number of hydrogen-bond acceptors (Lipinski definition) is 1. The number of aryl methyl sites for hydroxylation is 1. The van der Waals surface area contributed by atoms with Crippen molar-refractivity contribution in [1.82, 2.24) is 0 Å². The van der Waals surface area contributed by atoms with E-state index in [1.54, 1.807) is 0 Å². The van der Waals surface area contributed by atoms with Gasteiger partial charge >= 0.3 is 17.9 Å². The van der Waals surface area contributed by atoms with Gasteiger partial charge in [0.1, 0.15) is 0 Å². The smallest absolute Gasteiger partial charge is 0.166 e. The Labute approximate surface area is 117 Å². The maximum atomic E-state index is 12.8. The lowest BCUT2D eigenvalue weighted by Crippen LogP contribution is -2.17. The van der Waals surface area contributed by atoms with Crippen molar-refractivity contribution < 1.29 is 39.5 Å². The Hall–Kier alpha value is -1.06. The van der Waals surface area contributed by atoms with Crippen molar-refractivity contribution >= 4 is 11.8 Å². The van der Waals surface area contributed by atoms with Gasteiger partial charge in [0.2, 0.25) is 0 Å². The van der Waals surface area contributed by atoms with Crippen LogP contribution in [0.5, 0.6) is 0 Å². The molecule has 120 valence electrons. The third-order valence-corrected chi connectivity index (χ3v) is 3.26. The van der Waals surface area contributed by atoms with Crippen LogP contribution in [0.1, 0.15) is 23.6 Å². The summed E-state index contributed by atoms with van der Waals surface area (Å²) in [7, 11) is 0. The molecule has 0 N–H and O–H groups in total. The summed E-state index contributed by atoms with van der Waals surface area (Å²) in [5.41, 5.74) is -9.48. The summed E-state index contributed by atoms with van der Waals surface area (Å²) in [6.45, 7) is 1.30. The summed E-state index contributed by atoms with van der Waals surface area (Å²) >= 11 is -1.41. The first-order valence-electron chi connectivity index (χ1n) is 5.32. The SMILES string of the molecule is CCc1cc(C(F)(F)F)c(SC(F)(F)F)c(C(F)(F)F)c1. The van der Waals surface area contributed by atoms with Gasteiger partial charge in [-0.1, -0.05) is 6.92 Å². The Morgan fingerprint density at radius 2 is 1.19 bits per heavy atom. The second kappa shape index (κ2) is 5.62. The summed E-state index contributed by atoms with van der Waals surface area (Å²) in [6, 6.07) is 0.618. The highest BCUT2D eigenvalue weighted by molar-refractivity contribution is 8.00. The van der Waals surface area contributed by atoms with Gasteiger partial charge in [0, 0.05) is 4.90 Å². The van der Waals surface area contributed by atoms with E-state index in [1.165, 1.54) is 6.92 Å². The number of thioether (sulfide) groups is 1. The third-order valence-electron chi connectivity index (χ3n) is 2.39. The molecule has 0 unspecified atom stereocenters. The van der Waals surface area contributed by atoms with Crippen LogP contribution in [0, 0.1) is 0 Å². The van der Waals surface area contributed by atoms with E-state index >= 15 is 0 Å². The lowest BCUT2D eigenvalue weighted by Gasteiger charge is -2.20. The molecule has 0 radical (unpaired) electrons. The van der Waals surface area contributed by atoms with Gasteiger partial charge in [0.25, 0.3) is 0 Å². The average Bonchev–Trinajstić information content (AvgIpc) is 2.23. The van der Waals surface area contributed by atoms with E-state index in [4.69, 9.17) is 0 Å². The monoisotopic (exact) mass is 342 g/mol. The maximum absolute atomic E-state index is 12.8. The minimum atomic E-state index is -5.32. The van der Waals surface area contributed by atoms with Crippen molar-refractivity contribution in [3.05, 3.63) is 28.8 Å². The number of rotatable bonds is 2. The molecule has 0 saturated carbocycles. The highest BCUT2D eigenvalue weighted by Gasteiger charge is 2.45. The third kappa shape index (κ3) is 4.72. The molecule has 1 aromatic carbocycles. The van der Waals surface area contributed by atoms with Crippen LogP contribution in [0.2, 0.25) is 0 Å². The fourth-order valence-electron chi connectivity index (χ4n) is 1.54. The summed E-state index contributed by atoms with van der Waals surface area (Å²) < 4.78 is 113. The normalized spacial score (nSPS) is 13.6. The number of alkyl halides is 9. The van der Waals surface area contributed by atoms with Crippen LogP contribution in [0.15, 0.2) is 17.0 Å². The molecule has 0 amide bonds. The second-order valence-corrected chi connectivity index (χ2v) is 4.99. The Bertz CT molecular complexity index is 475. The van der Waals surface area contributed by atoms with Gasteiger partial charge in [-0.05, 0) is 35.9 Å². The van der Waals surface area contributed by atoms with E-state index in [2.05, 4.69) is 0 Å². The van der Waals surface area contributed by atoms with Crippen LogP contribution >= 0.6 is 11.8 Å². The van der Waals surface area contributed by atoms with Crippen molar-refractivity contribution in [3.63, 3.8) is 0 Å². The first-order chi connectivity index (χ1) is 9.25. The molecule has 0 saturated heterocycles. The molecular weight excluding hydrogens is 335 g/mol. The predicted octanol–water partition coefficient (Wildman–Crippen LogP) is 5.90. The molecule has 1 aromatic rings. The Morgan fingerprint density at radius 3 is 1.43 bits per heavy atom. The van der Waals surface area contributed by atoms with Crippen molar-refractivity contribution in [2.45, 2.75) is 36.1 Å². The van der Waals surface area contributed by atoms with Gasteiger partial charge in [-0.3, -0.25) is 0 Å². The molecule has 10 heteroatoms. The number of halogens is 9. The molecule has 0 heterocycles. The zero-order valence-electron chi connectivity index (χ0n) is 10.2. The van der Waals surface area contributed by atoms with Gasteiger partial charge in [0.05, 0.1) is 11.1 Å². The molecule has 0 aliphatic carbocycles. The Kier molecular flexibility index (Phi) is 4.81. The minimum absolute atomic E-state index is 0.177. The molecule has 0 aromatic heterocycles. The molecule has 21 heavy (non-hydrogen) atoms. The lowest BCUT2D eigenvalue weighted by atomic mass is 10.0. The molecule has 0 spiro atoms. The van der Waals surface area contributed by atoms with E-state index in [9.17, 15) is 39.5 Å². The van der Waals surface area contributed by atoms with Crippen LogP contribution in [0.4, 0.5) is 39.5 Å². The van der Waals surface area contributed by atoms with E-state index in [-0.39, 0.29) is 12.0 Å². The highest BCUT2D eigenvalue weighted by atomic mass is 32.2. The zero-order chi connectivity index (χ0) is 16.6. The van der Waals surface area contributed by atoms with Gasteiger partial charge in [-0.25, -0.2) is 0 Å². The van der Waals surface area contributed by atoms with Crippen molar-refractivity contribution in [1.29, 1.82) is 0 Å².